The molecule has 1 saturated heterocycles. The molecule has 2 saturated carbocycles. The van der Waals surface area contributed by atoms with Gasteiger partial charge in [-0.25, -0.2) is 9.78 Å². The van der Waals surface area contributed by atoms with Gasteiger partial charge in [-0.1, -0.05) is 54.1 Å². The van der Waals surface area contributed by atoms with E-state index in [1.807, 2.05) is 6.07 Å². The Hall–Kier alpha value is -4.62. The summed E-state index contributed by atoms with van der Waals surface area (Å²) in [6, 6.07) is 22.4. The Balaban J connectivity index is 1.06. The van der Waals surface area contributed by atoms with Crippen molar-refractivity contribution in [3.8, 4) is 11.3 Å². The fourth-order valence-corrected chi connectivity index (χ4v) is 7.54. The van der Waals surface area contributed by atoms with Crippen LogP contribution in [0, 0.1) is 35.5 Å². The van der Waals surface area contributed by atoms with E-state index in [0.29, 0.717) is 50.3 Å². The molecule has 212 valence electrons. The first-order valence-electron chi connectivity index (χ1n) is 14.4. The number of allylic oxidation sites excluding steroid dienone is 2. The lowest BCUT2D eigenvalue weighted by atomic mass is 9.63. The van der Waals surface area contributed by atoms with Crippen LogP contribution in [0.25, 0.3) is 22.2 Å². The van der Waals surface area contributed by atoms with Gasteiger partial charge in [-0.05, 0) is 78.6 Å². The van der Waals surface area contributed by atoms with Gasteiger partial charge in [-0.3, -0.25) is 19.3 Å². The maximum atomic E-state index is 13.5. The summed E-state index contributed by atoms with van der Waals surface area (Å²) in [7, 11) is 0. The molecular weight excluding hydrogens is 564 g/mol. The minimum absolute atomic E-state index is 0.102. The Bertz CT molecular complexity index is 1850. The number of hydrogen-bond acceptors (Lipinski definition) is 6. The fourth-order valence-electron chi connectivity index (χ4n) is 7.41. The van der Waals surface area contributed by atoms with Crippen molar-refractivity contribution >= 4 is 51.8 Å². The summed E-state index contributed by atoms with van der Waals surface area (Å²) < 4.78 is 5.43. The number of ketones is 1. The molecule has 3 aromatic carbocycles. The topological polar surface area (TPSA) is 93.6 Å². The number of aromatic nitrogens is 1. The van der Waals surface area contributed by atoms with Crippen LogP contribution in [-0.4, -0.2) is 35.2 Å². The Labute approximate surface area is 252 Å². The molecule has 8 heteroatoms. The number of rotatable bonds is 6. The average Bonchev–Trinajstić information content (AvgIpc) is 3.82. The highest BCUT2D eigenvalue weighted by molar-refractivity contribution is 6.30. The first-order chi connectivity index (χ1) is 20.9. The Morgan fingerprint density at radius 3 is 2.19 bits per heavy atom. The molecule has 2 heterocycles. The lowest BCUT2D eigenvalue weighted by Crippen LogP contribution is -2.40. The molecule has 7 nitrogen and oxygen atoms in total. The highest BCUT2D eigenvalue weighted by Gasteiger charge is 2.67. The number of halogens is 1. The highest BCUT2D eigenvalue weighted by atomic mass is 35.5. The molecule has 1 aromatic heterocycles. The second kappa shape index (κ2) is 9.71. The third-order valence-electron chi connectivity index (χ3n) is 9.52. The number of Topliss-reactive ketones (excluding diaryl/α,β-unsaturated/α-hetero) is 1. The van der Waals surface area contributed by atoms with Gasteiger partial charge in [0.1, 0.15) is 0 Å². The Morgan fingerprint density at radius 1 is 0.860 bits per heavy atom. The van der Waals surface area contributed by atoms with Gasteiger partial charge in [-0.2, -0.15) is 0 Å². The van der Waals surface area contributed by atoms with Gasteiger partial charge < -0.3 is 4.74 Å². The molecule has 6 atom stereocenters. The number of benzene rings is 3. The van der Waals surface area contributed by atoms with Crippen LogP contribution in [0.4, 0.5) is 5.69 Å². The van der Waals surface area contributed by atoms with E-state index in [4.69, 9.17) is 21.3 Å². The summed E-state index contributed by atoms with van der Waals surface area (Å²) in [5.41, 5.74) is 3.05. The van der Waals surface area contributed by atoms with Crippen molar-refractivity contribution in [1.29, 1.82) is 0 Å². The van der Waals surface area contributed by atoms with Crippen LogP contribution < -0.4 is 4.90 Å². The molecule has 43 heavy (non-hydrogen) atoms. The summed E-state index contributed by atoms with van der Waals surface area (Å²) in [6.45, 7) is -0.417. The zero-order valence-electron chi connectivity index (χ0n) is 22.9. The Morgan fingerprint density at radius 2 is 1.51 bits per heavy atom. The third kappa shape index (κ3) is 4.13. The van der Waals surface area contributed by atoms with Crippen molar-refractivity contribution in [2.45, 2.75) is 6.42 Å². The largest absolute Gasteiger partial charge is 0.454 e. The van der Waals surface area contributed by atoms with Crippen molar-refractivity contribution in [3.63, 3.8) is 0 Å². The van der Waals surface area contributed by atoms with Crippen molar-refractivity contribution in [3.05, 3.63) is 107 Å². The van der Waals surface area contributed by atoms with E-state index in [-0.39, 0.29) is 46.8 Å². The van der Waals surface area contributed by atoms with Crippen LogP contribution in [0.1, 0.15) is 27.1 Å². The summed E-state index contributed by atoms with van der Waals surface area (Å²) in [6.07, 6.45) is 5.45. The van der Waals surface area contributed by atoms with E-state index >= 15 is 0 Å². The van der Waals surface area contributed by atoms with E-state index < -0.39 is 12.6 Å². The summed E-state index contributed by atoms with van der Waals surface area (Å²) in [5.74, 6) is -0.270. The SMILES string of the molecule is O=C(COC(=O)c1cc(-c2ccc(N3C(=O)C4C5C=CC(C6CC56)C4C3=O)cc2)nc2ccccc12)c1ccc(Cl)cc1. The number of carbonyl (C=O) groups excluding carboxylic acids is 4. The standard InChI is InChI=1S/C35H25ClN2O5/c36-20-9-5-19(6-10-20)30(39)17-43-35(42)27-16-29(37-28-4-2-1-3-22(27)28)18-7-11-21(12-8-18)38-33(40)31-23-13-14-24(26-15-25(23)26)32(31)34(38)41/h1-14,16,23-26,31-32H,15,17H2. The molecule has 0 N–H and O–H groups in total. The molecule has 2 bridgehead atoms. The molecule has 9 rings (SSSR count). The van der Waals surface area contributed by atoms with E-state index in [1.54, 1.807) is 72.8 Å². The second-order valence-electron chi connectivity index (χ2n) is 11.8. The van der Waals surface area contributed by atoms with E-state index in [2.05, 4.69) is 12.2 Å². The zero-order chi connectivity index (χ0) is 29.4. The molecule has 0 spiro atoms. The summed E-state index contributed by atoms with van der Waals surface area (Å²) in [5, 5.41) is 1.11. The van der Waals surface area contributed by atoms with Gasteiger partial charge >= 0.3 is 5.97 Å². The fraction of sp³-hybridized carbons (Fsp3) is 0.229. The molecule has 5 aliphatic rings. The summed E-state index contributed by atoms with van der Waals surface area (Å²) in [4.78, 5) is 59.0. The number of nitrogens with zero attached hydrogens (tertiary/aromatic N) is 2. The van der Waals surface area contributed by atoms with Crippen LogP contribution in [0.5, 0.6) is 0 Å². The number of anilines is 1. The molecule has 3 fully saturated rings. The number of ether oxygens (including phenoxy) is 1. The zero-order valence-corrected chi connectivity index (χ0v) is 23.6. The number of imide groups is 1. The lowest BCUT2D eigenvalue weighted by Gasteiger charge is -2.37. The smallest absolute Gasteiger partial charge is 0.339 e. The number of esters is 1. The van der Waals surface area contributed by atoms with Crippen LogP contribution in [-0.2, 0) is 14.3 Å². The quantitative estimate of drug-likeness (QED) is 0.116. The lowest BCUT2D eigenvalue weighted by molar-refractivity contribution is -0.124. The average molecular weight is 589 g/mol. The van der Waals surface area contributed by atoms with Gasteiger partial charge in [0.2, 0.25) is 11.8 Å². The van der Waals surface area contributed by atoms with Crippen molar-refractivity contribution < 1.29 is 23.9 Å². The first-order valence-corrected chi connectivity index (χ1v) is 14.8. The van der Waals surface area contributed by atoms with Crippen LogP contribution >= 0.6 is 11.6 Å². The predicted molar refractivity (Wildman–Crippen MR) is 160 cm³/mol. The van der Waals surface area contributed by atoms with Crippen LogP contribution in [0.15, 0.2) is 91.0 Å². The van der Waals surface area contributed by atoms with E-state index in [0.717, 1.165) is 6.42 Å². The second-order valence-corrected chi connectivity index (χ2v) is 12.2. The van der Waals surface area contributed by atoms with Gasteiger partial charge in [0.05, 0.1) is 34.3 Å². The van der Waals surface area contributed by atoms with Crippen molar-refractivity contribution in [1.82, 2.24) is 4.98 Å². The number of amides is 2. The van der Waals surface area contributed by atoms with Crippen LogP contribution in [0.3, 0.4) is 0 Å². The first kappa shape index (κ1) is 26.0. The number of fused-ring (bicyclic) bond motifs is 1. The highest BCUT2D eigenvalue weighted by Crippen LogP contribution is 2.65. The van der Waals surface area contributed by atoms with Crippen molar-refractivity contribution in [2.75, 3.05) is 11.5 Å². The molecule has 1 aliphatic heterocycles. The predicted octanol–water partition coefficient (Wildman–Crippen LogP) is 6.15. The number of hydrogen-bond donors (Lipinski definition) is 0. The number of pyridine rings is 1. The molecule has 6 unspecified atom stereocenters. The summed E-state index contributed by atoms with van der Waals surface area (Å²) >= 11 is 5.91. The van der Waals surface area contributed by atoms with Gasteiger partial charge in [0.25, 0.3) is 0 Å². The molecule has 0 radical (unpaired) electrons. The van der Waals surface area contributed by atoms with Crippen LogP contribution in [0.2, 0.25) is 5.02 Å². The number of carbonyl (C=O) groups is 4. The maximum Gasteiger partial charge on any atom is 0.339 e. The maximum absolute atomic E-state index is 13.5. The molecular formula is C35H25ClN2O5. The molecule has 4 aliphatic carbocycles. The monoisotopic (exact) mass is 588 g/mol. The third-order valence-corrected chi connectivity index (χ3v) is 9.77. The number of para-hydroxylation sites is 1. The normalized spacial score (nSPS) is 26.4. The minimum atomic E-state index is -0.643. The van der Waals surface area contributed by atoms with Gasteiger partial charge in [-0.15, -0.1) is 0 Å². The molecule has 2 amide bonds. The molecule has 4 aromatic rings. The van der Waals surface area contributed by atoms with Crippen molar-refractivity contribution in [2.24, 2.45) is 35.5 Å². The minimum Gasteiger partial charge on any atom is -0.454 e. The Kier molecular flexibility index (Phi) is 5.88. The van der Waals surface area contributed by atoms with Gasteiger partial charge in [0.15, 0.2) is 12.4 Å². The van der Waals surface area contributed by atoms with Gasteiger partial charge in [0, 0.05) is 21.5 Å². The van der Waals surface area contributed by atoms with E-state index in [1.165, 1.54) is 4.90 Å². The van der Waals surface area contributed by atoms with E-state index in [9.17, 15) is 19.2 Å².